The van der Waals surface area contributed by atoms with E-state index in [0.29, 0.717) is 12.6 Å². The largest absolute Gasteiger partial charge is 0.316 e. The monoisotopic (exact) mass is 215 g/mol. The van der Waals surface area contributed by atoms with E-state index < -0.39 is 17.5 Å². The van der Waals surface area contributed by atoms with Crippen molar-refractivity contribution in [2.75, 3.05) is 13.6 Å². The lowest BCUT2D eigenvalue weighted by atomic mass is 10.1. The highest BCUT2D eigenvalue weighted by atomic mass is 19.2. The Morgan fingerprint density at radius 2 is 1.80 bits per heavy atom. The first-order valence-corrected chi connectivity index (χ1v) is 4.51. The van der Waals surface area contributed by atoms with Gasteiger partial charge in [0.25, 0.3) is 0 Å². The normalized spacial score (nSPS) is 11.9. The molecule has 1 N–H and O–H groups in total. The molecule has 0 aromatic heterocycles. The minimum atomic E-state index is -1.17. The molecule has 1 rings (SSSR count). The van der Waals surface area contributed by atoms with Crippen molar-refractivity contribution in [3.8, 4) is 0 Å². The van der Waals surface area contributed by atoms with E-state index in [2.05, 4.69) is 5.32 Å². The Kier molecular flexibility index (Phi) is 3.91. The highest BCUT2D eigenvalue weighted by Gasteiger charge is 2.07. The first kappa shape index (κ1) is 11.8. The van der Waals surface area contributed by atoms with Crippen LogP contribution in [0.4, 0.5) is 13.2 Å². The molecular formula is C11H12F3N. The number of likely N-dealkylation sites (N-methyl/N-ethyl adjacent to an activating group) is 1. The van der Waals surface area contributed by atoms with Crippen molar-refractivity contribution in [1.29, 1.82) is 0 Å². The lowest BCUT2D eigenvalue weighted by Crippen LogP contribution is -2.08. The van der Waals surface area contributed by atoms with Crippen LogP contribution >= 0.6 is 0 Å². The van der Waals surface area contributed by atoms with Crippen molar-refractivity contribution in [3.63, 3.8) is 0 Å². The molecule has 0 fully saturated rings. The van der Waals surface area contributed by atoms with Crippen molar-refractivity contribution in [1.82, 2.24) is 5.32 Å². The van der Waals surface area contributed by atoms with E-state index in [1.54, 1.807) is 14.0 Å². The summed E-state index contributed by atoms with van der Waals surface area (Å²) in [6.07, 6.45) is 1.48. The summed E-state index contributed by atoms with van der Waals surface area (Å²) < 4.78 is 38.6. The van der Waals surface area contributed by atoms with Crippen LogP contribution < -0.4 is 5.32 Å². The first-order chi connectivity index (χ1) is 7.04. The first-order valence-electron chi connectivity index (χ1n) is 4.51. The Balaban J connectivity index is 3.05. The van der Waals surface area contributed by atoms with Crippen LogP contribution in [0, 0.1) is 17.5 Å². The summed E-state index contributed by atoms with van der Waals surface area (Å²) in [6, 6.07) is 1.40. The van der Waals surface area contributed by atoms with Gasteiger partial charge >= 0.3 is 0 Å². The zero-order valence-corrected chi connectivity index (χ0v) is 8.57. The van der Waals surface area contributed by atoms with Gasteiger partial charge in [-0.3, -0.25) is 0 Å². The van der Waals surface area contributed by atoms with Crippen LogP contribution in [0.3, 0.4) is 0 Å². The maximum atomic E-state index is 13.2. The molecule has 4 heteroatoms. The zero-order chi connectivity index (χ0) is 11.4. The fourth-order valence-electron chi connectivity index (χ4n) is 1.24. The van der Waals surface area contributed by atoms with Gasteiger partial charge in [-0.25, -0.2) is 13.2 Å². The van der Waals surface area contributed by atoms with Crippen molar-refractivity contribution < 1.29 is 13.2 Å². The molecule has 0 atom stereocenters. The summed E-state index contributed by atoms with van der Waals surface area (Å²) in [5.41, 5.74) is 0.893. The van der Waals surface area contributed by atoms with Gasteiger partial charge in [0.15, 0.2) is 11.6 Å². The van der Waals surface area contributed by atoms with Gasteiger partial charge in [-0.05, 0) is 20.0 Å². The summed E-state index contributed by atoms with van der Waals surface area (Å²) in [5.74, 6) is -2.97. The number of rotatable bonds is 3. The average molecular weight is 215 g/mol. The predicted octanol–water partition coefficient (Wildman–Crippen LogP) is 2.73. The fourth-order valence-corrected chi connectivity index (χ4v) is 1.24. The Morgan fingerprint density at radius 1 is 1.20 bits per heavy atom. The van der Waals surface area contributed by atoms with E-state index in [1.807, 2.05) is 0 Å². The van der Waals surface area contributed by atoms with Crippen LogP contribution in [0.1, 0.15) is 12.5 Å². The van der Waals surface area contributed by atoms with E-state index in [0.717, 1.165) is 11.6 Å². The second-order valence-electron chi connectivity index (χ2n) is 3.31. The average Bonchev–Trinajstić information content (AvgIpc) is 2.14. The molecule has 0 heterocycles. The summed E-state index contributed by atoms with van der Waals surface area (Å²) in [5, 5.41) is 2.87. The molecule has 15 heavy (non-hydrogen) atoms. The van der Waals surface area contributed by atoms with Crippen molar-refractivity contribution in [2.24, 2.45) is 0 Å². The number of hydrogen-bond donors (Lipinski definition) is 1. The Labute approximate surface area is 86.6 Å². The third-order valence-electron chi connectivity index (χ3n) is 1.90. The van der Waals surface area contributed by atoms with Gasteiger partial charge in [0.1, 0.15) is 5.82 Å². The van der Waals surface area contributed by atoms with Crippen LogP contribution in [-0.2, 0) is 0 Å². The summed E-state index contributed by atoms with van der Waals surface area (Å²) >= 11 is 0. The number of hydrogen-bond acceptors (Lipinski definition) is 1. The Hall–Kier alpha value is -1.29. The molecule has 0 aliphatic carbocycles. The van der Waals surface area contributed by atoms with Crippen LogP contribution in [0.5, 0.6) is 0 Å². The molecule has 1 nitrogen and oxygen atoms in total. The molecule has 82 valence electrons. The van der Waals surface area contributed by atoms with Crippen LogP contribution in [-0.4, -0.2) is 13.6 Å². The molecular weight excluding hydrogens is 203 g/mol. The van der Waals surface area contributed by atoms with Crippen LogP contribution in [0.25, 0.3) is 6.08 Å². The highest BCUT2D eigenvalue weighted by molar-refractivity contribution is 5.53. The van der Waals surface area contributed by atoms with E-state index in [-0.39, 0.29) is 5.56 Å². The summed E-state index contributed by atoms with van der Waals surface area (Å²) in [7, 11) is 1.75. The van der Waals surface area contributed by atoms with Gasteiger partial charge in [0.2, 0.25) is 0 Å². The van der Waals surface area contributed by atoms with Gasteiger partial charge in [-0.2, -0.15) is 0 Å². The summed E-state index contributed by atoms with van der Waals surface area (Å²) in [6.45, 7) is 2.34. The van der Waals surface area contributed by atoms with Crippen LogP contribution in [0.15, 0.2) is 17.7 Å². The molecule has 0 radical (unpaired) electrons. The zero-order valence-electron chi connectivity index (χ0n) is 8.57. The molecule has 0 unspecified atom stereocenters. The third kappa shape index (κ3) is 3.09. The lowest BCUT2D eigenvalue weighted by Gasteiger charge is -2.02. The molecule has 0 aliphatic heterocycles. The highest BCUT2D eigenvalue weighted by Crippen LogP contribution is 2.16. The van der Waals surface area contributed by atoms with E-state index in [1.165, 1.54) is 6.08 Å². The quantitative estimate of drug-likeness (QED) is 0.764. The minimum absolute atomic E-state index is 0.0571. The Bertz CT molecular complexity index is 386. The van der Waals surface area contributed by atoms with E-state index in [4.69, 9.17) is 0 Å². The second kappa shape index (κ2) is 4.98. The van der Waals surface area contributed by atoms with Gasteiger partial charge < -0.3 is 5.32 Å². The molecule has 0 bridgehead atoms. The molecule has 0 amide bonds. The number of nitrogens with one attached hydrogen (secondary N) is 1. The van der Waals surface area contributed by atoms with Crippen molar-refractivity contribution >= 4 is 6.08 Å². The fraction of sp³-hybridized carbons (Fsp3) is 0.273. The maximum Gasteiger partial charge on any atom is 0.161 e. The molecule has 0 saturated heterocycles. The van der Waals surface area contributed by atoms with E-state index >= 15 is 0 Å². The molecule has 0 saturated carbocycles. The van der Waals surface area contributed by atoms with Crippen molar-refractivity contribution in [3.05, 3.63) is 40.7 Å². The number of benzene rings is 1. The van der Waals surface area contributed by atoms with E-state index in [9.17, 15) is 13.2 Å². The number of halogens is 3. The van der Waals surface area contributed by atoms with Gasteiger partial charge in [0.05, 0.1) is 0 Å². The molecule has 0 spiro atoms. The maximum absolute atomic E-state index is 13.2. The Morgan fingerprint density at radius 3 is 2.40 bits per heavy atom. The van der Waals surface area contributed by atoms with Gasteiger partial charge in [-0.1, -0.05) is 11.6 Å². The SMILES string of the molecule is CNC/C(C)=C/c1cc(F)c(F)cc1F. The second-order valence-corrected chi connectivity index (χ2v) is 3.31. The molecule has 1 aromatic carbocycles. The van der Waals surface area contributed by atoms with Gasteiger partial charge in [0, 0.05) is 18.2 Å². The third-order valence-corrected chi connectivity index (χ3v) is 1.90. The standard InChI is InChI=1S/C11H12F3N/c1-7(6-15-2)3-8-4-10(13)11(14)5-9(8)12/h3-5,15H,6H2,1-2H3/b7-3+. The van der Waals surface area contributed by atoms with Crippen molar-refractivity contribution in [2.45, 2.75) is 6.92 Å². The molecule has 1 aromatic rings. The lowest BCUT2D eigenvalue weighted by molar-refractivity contribution is 0.494. The smallest absolute Gasteiger partial charge is 0.161 e. The topological polar surface area (TPSA) is 12.0 Å². The van der Waals surface area contributed by atoms with Gasteiger partial charge in [-0.15, -0.1) is 0 Å². The van der Waals surface area contributed by atoms with Crippen LogP contribution in [0.2, 0.25) is 0 Å². The summed E-state index contributed by atoms with van der Waals surface area (Å²) in [4.78, 5) is 0. The predicted molar refractivity (Wildman–Crippen MR) is 53.9 cm³/mol. The molecule has 0 aliphatic rings. The minimum Gasteiger partial charge on any atom is -0.316 e.